The molecule has 0 saturated heterocycles. The second kappa shape index (κ2) is 10.0. The van der Waals surface area contributed by atoms with Crippen molar-refractivity contribution in [3.05, 3.63) is 34.9 Å². The average molecular weight is 372 g/mol. The predicted octanol–water partition coefficient (Wildman–Crippen LogP) is 4.72. The van der Waals surface area contributed by atoms with Gasteiger partial charge in [-0.1, -0.05) is 45.4 Å². The minimum atomic E-state index is -0.465. The van der Waals surface area contributed by atoms with Crippen LogP contribution in [0.1, 0.15) is 79.0 Å². The van der Waals surface area contributed by atoms with Gasteiger partial charge in [0.2, 0.25) is 5.78 Å². The quantitative estimate of drug-likeness (QED) is 0.415. The Morgan fingerprint density at radius 2 is 1.41 bits per heavy atom. The summed E-state index contributed by atoms with van der Waals surface area (Å²) in [7, 11) is 2.86. The second-order valence-electron chi connectivity index (χ2n) is 6.77. The lowest BCUT2D eigenvalue weighted by Crippen LogP contribution is -2.23. The number of hydrogen-bond acceptors (Lipinski definition) is 5. The third-order valence-electron chi connectivity index (χ3n) is 4.87. The highest BCUT2D eigenvalue weighted by Crippen LogP contribution is 2.36. The lowest BCUT2D eigenvalue weighted by molar-refractivity contribution is -0.115. The van der Waals surface area contributed by atoms with Gasteiger partial charge >= 0.3 is 0 Å². The number of unbranched alkanes of at least 4 members (excludes halogenated alkanes) is 6. The van der Waals surface area contributed by atoms with Gasteiger partial charge in [0.05, 0.1) is 30.9 Å². The van der Waals surface area contributed by atoms with Crippen LogP contribution in [0.5, 0.6) is 11.5 Å². The fourth-order valence-electron chi connectivity index (χ4n) is 3.36. The molecule has 2 rings (SSSR count). The molecule has 0 fully saturated rings. The number of ether oxygens (including phenoxy) is 2. The molecule has 0 spiro atoms. The van der Waals surface area contributed by atoms with Crippen molar-refractivity contribution in [2.24, 2.45) is 0 Å². The van der Waals surface area contributed by atoms with Crippen LogP contribution in [0.3, 0.4) is 0 Å². The van der Waals surface area contributed by atoms with Crippen molar-refractivity contribution < 1.29 is 23.9 Å². The summed E-state index contributed by atoms with van der Waals surface area (Å²) in [6.45, 7) is 2.18. The number of allylic oxidation sites excluding steroid dienone is 2. The smallest absolute Gasteiger partial charge is 0.201 e. The molecule has 0 unspecified atom stereocenters. The number of hydrogen-bond donors (Lipinski definition) is 0. The molecule has 146 valence electrons. The normalized spacial score (nSPS) is 13.2. The Morgan fingerprint density at radius 3 is 2.00 bits per heavy atom. The third-order valence-corrected chi connectivity index (χ3v) is 4.87. The van der Waals surface area contributed by atoms with E-state index < -0.39 is 11.6 Å². The zero-order valence-corrected chi connectivity index (χ0v) is 16.4. The van der Waals surface area contributed by atoms with Crippen LogP contribution in [-0.2, 0) is 4.79 Å². The fourth-order valence-corrected chi connectivity index (χ4v) is 3.36. The molecular formula is C22H28O5. The van der Waals surface area contributed by atoms with E-state index in [9.17, 15) is 14.4 Å². The summed E-state index contributed by atoms with van der Waals surface area (Å²) < 4.78 is 10.4. The zero-order chi connectivity index (χ0) is 19.8. The molecule has 0 bridgehead atoms. The molecule has 1 aromatic rings. The Labute approximate surface area is 160 Å². The largest absolute Gasteiger partial charge is 0.496 e. The molecule has 1 aromatic carbocycles. The van der Waals surface area contributed by atoms with E-state index in [0.29, 0.717) is 5.75 Å². The first kappa shape index (κ1) is 20.9. The molecule has 0 aromatic heterocycles. The van der Waals surface area contributed by atoms with E-state index in [4.69, 9.17) is 9.47 Å². The van der Waals surface area contributed by atoms with Gasteiger partial charge < -0.3 is 9.47 Å². The molecule has 5 heteroatoms. The van der Waals surface area contributed by atoms with Crippen molar-refractivity contribution in [3.63, 3.8) is 0 Å². The van der Waals surface area contributed by atoms with Gasteiger partial charge in [0.1, 0.15) is 11.5 Å². The maximum Gasteiger partial charge on any atom is 0.201 e. The fraction of sp³-hybridized carbons (Fsp3) is 0.500. The van der Waals surface area contributed by atoms with Gasteiger partial charge in [-0.3, -0.25) is 14.4 Å². The average Bonchev–Trinajstić information content (AvgIpc) is 2.68. The first-order valence-electron chi connectivity index (χ1n) is 9.64. The Balaban J connectivity index is 2.07. The Morgan fingerprint density at radius 1 is 0.852 bits per heavy atom. The van der Waals surface area contributed by atoms with E-state index in [-0.39, 0.29) is 34.7 Å². The SMILES string of the molecule is CCCCCCCCCC(=O)C1=CC(=O)c2c(OC)ccc(OC)c2C1=O. The number of Topliss-reactive ketones (excluding diaryl/α,β-unsaturated/α-hetero) is 2. The van der Waals surface area contributed by atoms with Crippen LogP contribution in [0.25, 0.3) is 0 Å². The molecule has 0 N–H and O–H groups in total. The number of rotatable bonds is 11. The number of methoxy groups -OCH3 is 2. The lowest BCUT2D eigenvalue weighted by atomic mass is 9.85. The second-order valence-corrected chi connectivity index (χ2v) is 6.77. The predicted molar refractivity (Wildman–Crippen MR) is 104 cm³/mol. The first-order valence-corrected chi connectivity index (χ1v) is 9.64. The molecule has 0 aliphatic heterocycles. The molecule has 5 nitrogen and oxygen atoms in total. The standard InChI is InChI=1S/C22H28O5/c1-4-5-6-7-8-9-10-11-16(23)15-14-17(24)20-18(26-2)12-13-19(27-3)21(20)22(15)25/h12-14H,4-11H2,1-3H3. The Kier molecular flexibility index (Phi) is 7.77. The van der Waals surface area contributed by atoms with Gasteiger partial charge in [0, 0.05) is 12.5 Å². The van der Waals surface area contributed by atoms with Crippen molar-refractivity contribution in [1.29, 1.82) is 0 Å². The third kappa shape index (κ3) is 4.85. The van der Waals surface area contributed by atoms with Gasteiger partial charge in [-0.05, 0) is 18.6 Å². The highest BCUT2D eigenvalue weighted by Gasteiger charge is 2.34. The van der Waals surface area contributed by atoms with E-state index in [2.05, 4.69) is 6.92 Å². The van der Waals surface area contributed by atoms with Crippen molar-refractivity contribution >= 4 is 17.3 Å². The van der Waals surface area contributed by atoms with Crippen LogP contribution in [0.2, 0.25) is 0 Å². The number of ketones is 3. The maximum atomic E-state index is 12.9. The Bertz CT molecular complexity index is 745. The highest BCUT2D eigenvalue weighted by atomic mass is 16.5. The van der Waals surface area contributed by atoms with Crippen LogP contribution in [0.4, 0.5) is 0 Å². The molecule has 0 amide bonds. The number of carbonyl (C=O) groups excluding carboxylic acids is 3. The minimum absolute atomic E-state index is 0.0509. The van der Waals surface area contributed by atoms with Crippen LogP contribution >= 0.6 is 0 Å². The van der Waals surface area contributed by atoms with E-state index in [1.807, 2.05) is 0 Å². The molecule has 1 aliphatic rings. The summed E-state index contributed by atoms with van der Waals surface area (Å²) in [5, 5.41) is 0. The van der Waals surface area contributed by atoms with E-state index in [1.54, 1.807) is 12.1 Å². The highest BCUT2D eigenvalue weighted by molar-refractivity contribution is 6.36. The summed E-state index contributed by atoms with van der Waals surface area (Å²) in [5.41, 5.74) is 0.228. The summed E-state index contributed by atoms with van der Waals surface area (Å²) >= 11 is 0. The minimum Gasteiger partial charge on any atom is -0.496 e. The maximum absolute atomic E-state index is 12.9. The van der Waals surface area contributed by atoms with E-state index in [1.165, 1.54) is 39.9 Å². The monoisotopic (exact) mass is 372 g/mol. The van der Waals surface area contributed by atoms with Crippen LogP contribution < -0.4 is 9.47 Å². The molecule has 0 heterocycles. The first-order chi connectivity index (χ1) is 13.0. The summed E-state index contributed by atoms with van der Waals surface area (Å²) in [4.78, 5) is 38.0. The molecular weight excluding hydrogens is 344 g/mol. The number of fused-ring (bicyclic) bond motifs is 1. The summed E-state index contributed by atoms with van der Waals surface area (Å²) in [6.07, 6.45) is 9.05. The lowest BCUT2D eigenvalue weighted by Gasteiger charge is -2.19. The number of carbonyl (C=O) groups is 3. The van der Waals surface area contributed by atoms with Gasteiger partial charge in [-0.15, -0.1) is 0 Å². The van der Waals surface area contributed by atoms with Crippen molar-refractivity contribution in [2.45, 2.75) is 58.3 Å². The molecule has 0 saturated carbocycles. The van der Waals surface area contributed by atoms with Crippen LogP contribution in [0.15, 0.2) is 23.8 Å². The van der Waals surface area contributed by atoms with Crippen molar-refractivity contribution in [3.8, 4) is 11.5 Å². The van der Waals surface area contributed by atoms with Gasteiger partial charge in [-0.25, -0.2) is 0 Å². The van der Waals surface area contributed by atoms with Crippen molar-refractivity contribution in [2.75, 3.05) is 14.2 Å². The van der Waals surface area contributed by atoms with Gasteiger partial charge in [0.25, 0.3) is 0 Å². The zero-order valence-electron chi connectivity index (χ0n) is 16.4. The van der Waals surface area contributed by atoms with Gasteiger partial charge in [-0.2, -0.15) is 0 Å². The molecule has 1 aliphatic carbocycles. The van der Waals surface area contributed by atoms with Crippen LogP contribution in [0, 0.1) is 0 Å². The summed E-state index contributed by atoms with van der Waals surface area (Å²) in [6, 6.07) is 3.16. The molecule has 0 atom stereocenters. The van der Waals surface area contributed by atoms with E-state index in [0.717, 1.165) is 25.3 Å². The topological polar surface area (TPSA) is 69.7 Å². The van der Waals surface area contributed by atoms with Crippen LogP contribution in [-0.4, -0.2) is 31.6 Å². The number of benzene rings is 1. The molecule has 27 heavy (non-hydrogen) atoms. The van der Waals surface area contributed by atoms with Crippen molar-refractivity contribution in [1.82, 2.24) is 0 Å². The Hall–Kier alpha value is -2.43. The van der Waals surface area contributed by atoms with Gasteiger partial charge in [0.15, 0.2) is 11.6 Å². The van der Waals surface area contributed by atoms with E-state index >= 15 is 0 Å². The molecule has 0 radical (unpaired) electrons. The summed E-state index contributed by atoms with van der Waals surface area (Å²) in [5.74, 6) is -0.563.